The summed E-state index contributed by atoms with van der Waals surface area (Å²) in [5, 5.41) is 5.60. The molecule has 12 heavy (non-hydrogen) atoms. The zero-order chi connectivity index (χ0) is 9.14. The number of aryl methyl sites for hydroxylation is 1. The van der Waals surface area contributed by atoms with Crippen LogP contribution in [-0.2, 0) is 0 Å². The Hall–Kier alpha value is -1.58. The molecule has 4 nitrogen and oxygen atoms in total. The molecule has 0 saturated heterocycles. The van der Waals surface area contributed by atoms with Crippen LogP contribution in [0.2, 0.25) is 0 Å². The first-order chi connectivity index (χ1) is 5.70. The normalized spacial score (nSPS) is 9.50. The summed E-state index contributed by atoms with van der Waals surface area (Å²) in [5.74, 6) is 0. The largest absolute Gasteiger partial charge is 0.145 e. The van der Waals surface area contributed by atoms with Crippen molar-refractivity contribution in [2.75, 3.05) is 0 Å². The van der Waals surface area contributed by atoms with Gasteiger partial charge in [-0.3, -0.25) is 0 Å². The number of nitrogens with zero attached hydrogens (tertiary/aromatic N) is 2. The number of hydrogen-bond acceptors (Lipinski definition) is 4. The molecule has 0 aromatic heterocycles. The van der Waals surface area contributed by atoms with E-state index in [0.29, 0.717) is 11.3 Å². The lowest BCUT2D eigenvalue weighted by Gasteiger charge is -2.01. The average Bonchev–Trinajstić information content (AvgIpc) is 2.06. The monoisotopic (exact) mass is 164 g/mol. The lowest BCUT2D eigenvalue weighted by molar-refractivity contribution is 1.29. The summed E-state index contributed by atoms with van der Waals surface area (Å²) in [7, 11) is 0. The van der Waals surface area contributed by atoms with E-state index >= 15 is 0 Å². The van der Waals surface area contributed by atoms with E-state index in [9.17, 15) is 9.81 Å². The summed E-state index contributed by atoms with van der Waals surface area (Å²) in [6, 6.07) is 3.23. The summed E-state index contributed by atoms with van der Waals surface area (Å²) in [6.45, 7) is 3.42. The van der Waals surface area contributed by atoms with Gasteiger partial charge >= 0.3 is 0 Å². The smallest absolute Gasteiger partial charge is 0.116 e. The molecule has 1 aromatic rings. The van der Waals surface area contributed by atoms with Gasteiger partial charge in [0.05, 0.1) is 0 Å². The van der Waals surface area contributed by atoms with Crippen molar-refractivity contribution in [3.63, 3.8) is 0 Å². The molecule has 0 bridgehead atoms. The Balaban J connectivity index is 3.43. The third-order valence-electron chi connectivity index (χ3n) is 1.79. The van der Waals surface area contributed by atoms with E-state index in [1.807, 2.05) is 0 Å². The predicted octanol–water partition coefficient (Wildman–Crippen LogP) is 3.10. The van der Waals surface area contributed by atoms with Gasteiger partial charge < -0.3 is 0 Å². The van der Waals surface area contributed by atoms with Crippen LogP contribution < -0.4 is 0 Å². The quantitative estimate of drug-likeness (QED) is 0.630. The van der Waals surface area contributed by atoms with E-state index in [1.165, 1.54) is 0 Å². The van der Waals surface area contributed by atoms with Gasteiger partial charge in [0.2, 0.25) is 0 Å². The molecule has 0 spiro atoms. The van der Waals surface area contributed by atoms with Gasteiger partial charge in [-0.15, -0.1) is 9.81 Å². The van der Waals surface area contributed by atoms with Crippen molar-refractivity contribution in [3.8, 4) is 0 Å². The summed E-state index contributed by atoms with van der Waals surface area (Å²) in [5.41, 5.74) is 1.89. The van der Waals surface area contributed by atoms with Crippen molar-refractivity contribution < 1.29 is 0 Å². The molecule has 0 aliphatic carbocycles. The maximum absolute atomic E-state index is 10.3. The number of nitroso groups, excluding NO2 is 2. The van der Waals surface area contributed by atoms with E-state index in [2.05, 4.69) is 10.4 Å². The van der Waals surface area contributed by atoms with Gasteiger partial charge in [-0.25, -0.2) is 0 Å². The summed E-state index contributed by atoms with van der Waals surface area (Å²) < 4.78 is 0. The highest BCUT2D eigenvalue weighted by molar-refractivity contribution is 5.63. The molecule has 0 atom stereocenters. The minimum Gasteiger partial charge on any atom is -0.145 e. The second-order valence-electron chi connectivity index (χ2n) is 2.56. The molecule has 0 amide bonds. The van der Waals surface area contributed by atoms with Crippen molar-refractivity contribution in [1.29, 1.82) is 0 Å². The Labute approximate surface area is 69.6 Å². The lowest BCUT2D eigenvalue weighted by Crippen LogP contribution is -1.79. The third-order valence-corrected chi connectivity index (χ3v) is 1.79. The molecular weight excluding hydrogens is 156 g/mol. The van der Waals surface area contributed by atoms with Crippen LogP contribution in [0.5, 0.6) is 0 Å². The highest BCUT2D eigenvalue weighted by atomic mass is 16.3. The van der Waals surface area contributed by atoms with Crippen LogP contribution in [-0.4, -0.2) is 0 Å². The second-order valence-corrected chi connectivity index (χ2v) is 2.56. The van der Waals surface area contributed by atoms with Crippen LogP contribution in [0.1, 0.15) is 11.1 Å². The SMILES string of the molecule is Cc1ccc(N=O)c(C)c1N=O. The molecule has 62 valence electrons. The van der Waals surface area contributed by atoms with Crippen LogP contribution in [0.4, 0.5) is 11.4 Å². The highest BCUT2D eigenvalue weighted by Crippen LogP contribution is 2.30. The molecule has 0 saturated carbocycles. The van der Waals surface area contributed by atoms with Gasteiger partial charge in [-0.05, 0) is 35.8 Å². The average molecular weight is 164 g/mol. The van der Waals surface area contributed by atoms with Crippen LogP contribution in [0.15, 0.2) is 22.5 Å². The molecule has 0 fully saturated rings. The minimum absolute atomic E-state index is 0.273. The number of hydrogen-bond donors (Lipinski definition) is 0. The first-order valence-corrected chi connectivity index (χ1v) is 3.47. The minimum atomic E-state index is 0.273. The maximum atomic E-state index is 10.3. The fourth-order valence-corrected chi connectivity index (χ4v) is 1.06. The standard InChI is InChI=1S/C8H8N2O2/c1-5-3-4-7(9-11)6(2)8(5)10-12/h3-4H,1-2H3. The van der Waals surface area contributed by atoms with Gasteiger partial charge in [0.15, 0.2) is 0 Å². The second kappa shape index (κ2) is 3.21. The molecule has 1 aromatic carbocycles. The van der Waals surface area contributed by atoms with E-state index in [0.717, 1.165) is 5.56 Å². The van der Waals surface area contributed by atoms with Crippen LogP contribution >= 0.6 is 0 Å². The van der Waals surface area contributed by atoms with Gasteiger partial charge in [0, 0.05) is 5.56 Å². The first-order valence-electron chi connectivity index (χ1n) is 3.47. The number of rotatable bonds is 2. The Kier molecular flexibility index (Phi) is 2.28. The summed E-state index contributed by atoms with van der Waals surface area (Å²) in [6.07, 6.45) is 0. The van der Waals surface area contributed by atoms with Crippen molar-refractivity contribution in [2.45, 2.75) is 13.8 Å². The topological polar surface area (TPSA) is 58.9 Å². The fraction of sp³-hybridized carbons (Fsp3) is 0.250. The maximum Gasteiger partial charge on any atom is 0.116 e. The summed E-state index contributed by atoms with van der Waals surface area (Å²) in [4.78, 5) is 20.5. The molecule has 0 heterocycles. The number of benzene rings is 1. The van der Waals surface area contributed by atoms with E-state index in [4.69, 9.17) is 0 Å². The lowest BCUT2D eigenvalue weighted by atomic mass is 10.1. The Bertz CT molecular complexity index is 334. The molecule has 4 heteroatoms. The van der Waals surface area contributed by atoms with Crippen LogP contribution in [0.3, 0.4) is 0 Å². The molecular formula is C8H8N2O2. The molecule has 0 N–H and O–H groups in total. The Morgan fingerprint density at radius 1 is 1.08 bits per heavy atom. The summed E-state index contributed by atoms with van der Waals surface area (Å²) >= 11 is 0. The van der Waals surface area contributed by atoms with Gasteiger partial charge in [-0.2, -0.15) is 0 Å². The molecule has 1 rings (SSSR count). The van der Waals surface area contributed by atoms with Gasteiger partial charge in [0.25, 0.3) is 0 Å². The first kappa shape index (κ1) is 8.52. The molecule has 0 aliphatic heterocycles. The Morgan fingerprint density at radius 2 is 1.75 bits per heavy atom. The van der Waals surface area contributed by atoms with E-state index < -0.39 is 0 Å². The molecule has 0 unspecified atom stereocenters. The van der Waals surface area contributed by atoms with Crippen LogP contribution in [0.25, 0.3) is 0 Å². The van der Waals surface area contributed by atoms with E-state index in [1.54, 1.807) is 26.0 Å². The highest BCUT2D eigenvalue weighted by Gasteiger charge is 2.07. The zero-order valence-corrected chi connectivity index (χ0v) is 6.87. The molecule has 0 radical (unpaired) electrons. The van der Waals surface area contributed by atoms with Crippen molar-refractivity contribution in [2.24, 2.45) is 10.4 Å². The zero-order valence-electron chi connectivity index (χ0n) is 6.87. The van der Waals surface area contributed by atoms with Gasteiger partial charge in [-0.1, -0.05) is 6.07 Å². The van der Waals surface area contributed by atoms with Crippen LogP contribution in [0, 0.1) is 23.7 Å². The van der Waals surface area contributed by atoms with Crippen molar-refractivity contribution >= 4 is 11.4 Å². The van der Waals surface area contributed by atoms with Crippen molar-refractivity contribution in [1.82, 2.24) is 0 Å². The molecule has 0 aliphatic rings. The Morgan fingerprint density at radius 3 is 2.25 bits per heavy atom. The third kappa shape index (κ3) is 1.23. The fourth-order valence-electron chi connectivity index (χ4n) is 1.06. The van der Waals surface area contributed by atoms with Crippen molar-refractivity contribution in [3.05, 3.63) is 33.1 Å². The van der Waals surface area contributed by atoms with E-state index in [-0.39, 0.29) is 5.69 Å². The van der Waals surface area contributed by atoms with Gasteiger partial charge in [0.1, 0.15) is 11.4 Å². The predicted molar refractivity (Wildman–Crippen MR) is 46.8 cm³/mol.